The molecule has 0 unspecified atom stereocenters. The first-order valence-electron chi connectivity index (χ1n) is 11.0. The number of nitrogens with zero attached hydrogens (tertiary/aromatic N) is 3. The largest absolute Gasteiger partial charge is 0.497 e. The Labute approximate surface area is 210 Å². The molecule has 0 bridgehead atoms. The van der Waals surface area contributed by atoms with Gasteiger partial charge in [0.25, 0.3) is 5.91 Å². The second-order valence-corrected chi connectivity index (χ2v) is 8.70. The lowest BCUT2D eigenvalue weighted by Gasteiger charge is -2.08. The Kier molecular flexibility index (Phi) is 6.72. The Morgan fingerprint density at radius 1 is 1.00 bits per heavy atom. The van der Waals surface area contributed by atoms with E-state index in [4.69, 9.17) is 9.47 Å². The zero-order valence-corrected chi connectivity index (χ0v) is 20.0. The summed E-state index contributed by atoms with van der Waals surface area (Å²) in [4.78, 5) is 17.6. The number of halogens is 1. The van der Waals surface area contributed by atoms with Crippen LogP contribution in [0, 0.1) is 5.82 Å². The Hall–Kier alpha value is -4.50. The van der Waals surface area contributed by atoms with E-state index in [2.05, 4.69) is 15.4 Å². The average molecular weight is 501 g/mol. The second kappa shape index (κ2) is 10.4. The van der Waals surface area contributed by atoms with E-state index in [0.29, 0.717) is 16.4 Å². The summed E-state index contributed by atoms with van der Waals surface area (Å²) in [6.07, 6.45) is 0. The van der Waals surface area contributed by atoms with Gasteiger partial charge >= 0.3 is 6.01 Å². The van der Waals surface area contributed by atoms with Crippen LogP contribution in [-0.2, 0) is 6.61 Å². The van der Waals surface area contributed by atoms with Crippen molar-refractivity contribution >= 4 is 22.9 Å². The summed E-state index contributed by atoms with van der Waals surface area (Å²) in [5.74, 6) is 0.831. The Balaban J connectivity index is 1.42. The number of rotatable bonds is 8. The lowest BCUT2D eigenvalue weighted by molar-refractivity contribution is 0.103. The summed E-state index contributed by atoms with van der Waals surface area (Å²) >= 11 is 1.38. The van der Waals surface area contributed by atoms with Crippen molar-refractivity contribution in [2.75, 3.05) is 12.4 Å². The SMILES string of the molecule is COc1ccc(-c2nc(OCc3ccc(F)cc3)nn2-c2ccc(NC(=O)c3cccs3)cc2)cc1. The molecule has 2 aromatic heterocycles. The van der Waals surface area contributed by atoms with Crippen molar-refractivity contribution in [3.63, 3.8) is 0 Å². The molecule has 7 nitrogen and oxygen atoms in total. The highest BCUT2D eigenvalue weighted by atomic mass is 32.1. The fourth-order valence-electron chi connectivity index (χ4n) is 3.48. The van der Waals surface area contributed by atoms with Gasteiger partial charge < -0.3 is 14.8 Å². The summed E-state index contributed by atoms with van der Waals surface area (Å²) in [5, 5.41) is 9.31. The van der Waals surface area contributed by atoms with Gasteiger partial charge in [0.15, 0.2) is 5.82 Å². The predicted octanol–water partition coefficient (Wildman–Crippen LogP) is 5.97. The molecule has 3 aromatic carbocycles. The van der Waals surface area contributed by atoms with E-state index in [-0.39, 0.29) is 24.3 Å². The van der Waals surface area contributed by atoms with Crippen LogP contribution in [0.15, 0.2) is 90.3 Å². The van der Waals surface area contributed by atoms with E-state index in [1.807, 2.05) is 47.8 Å². The van der Waals surface area contributed by atoms with E-state index in [1.165, 1.54) is 23.5 Å². The third-order valence-electron chi connectivity index (χ3n) is 5.33. The zero-order chi connectivity index (χ0) is 24.9. The van der Waals surface area contributed by atoms with Gasteiger partial charge in [-0.05, 0) is 77.7 Å². The highest BCUT2D eigenvalue weighted by Gasteiger charge is 2.16. The van der Waals surface area contributed by atoms with Crippen molar-refractivity contribution in [2.24, 2.45) is 0 Å². The van der Waals surface area contributed by atoms with E-state index in [1.54, 1.807) is 42.1 Å². The van der Waals surface area contributed by atoms with Crippen LogP contribution in [0.2, 0.25) is 0 Å². The van der Waals surface area contributed by atoms with Gasteiger partial charge in [0.05, 0.1) is 17.7 Å². The molecule has 0 atom stereocenters. The van der Waals surface area contributed by atoms with Gasteiger partial charge in [-0.25, -0.2) is 9.07 Å². The molecule has 0 radical (unpaired) electrons. The van der Waals surface area contributed by atoms with E-state index >= 15 is 0 Å². The van der Waals surface area contributed by atoms with Crippen molar-refractivity contribution in [3.8, 4) is 28.8 Å². The van der Waals surface area contributed by atoms with Crippen molar-refractivity contribution < 1.29 is 18.7 Å². The van der Waals surface area contributed by atoms with Gasteiger partial charge in [-0.2, -0.15) is 4.98 Å². The Bertz CT molecular complexity index is 1450. The first-order valence-corrected chi connectivity index (χ1v) is 11.9. The van der Waals surface area contributed by atoms with Crippen LogP contribution in [0.25, 0.3) is 17.1 Å². The molecule has 1 N–H and O–H groups in total. The van der Waals surface area contributed by atoms with Crippen LogP contribution in [0.3, 0.4) is 0 Å². The number of carbonyl (C=O) groups excluding carboxylic acids is 1. The van der Waals surface area contributed by atoms with Crippen molar-refractivity contribution in [1.29, 1.82) is 0 Å². The van der Waals surface area contributed by atoms with Gasteiger partial charge in [-0.1, -0.05) is 18.2 Å². The molecular formula is C27H21FN4O3S. The summed E-state index contributed by atoms with van der Waals surface area (Å²) < 4.78 is 26.0. The number of aromatic nitrogens is 3. The molecule has 0 saturated heterocycles. The average Bonchev–Trinajstić information content (AvgIpc) is 3.60. The fourth-order valence-corrected chi connectivity index (χ4v) is 4.10. The van der Waals surface area contributed by atoms with Crippen LogP contribution in [0.1, 0.15) is 15.2 Å². The van der Waals surface area contributed by atoms with E-state index < -0.39 is 0 Å². The molecule has 5 rings (SSSR count). The maximum atomic E-state index is 13.2. The fraction of sp³-hybridized carbons (Fsp3) is 0.0741. The first-order chi connectivity index (χ1) is 17.6. The third-order valence-corrected chi connectivity index (χ3v) is 6.20. The van der Waals surface area contributed by atoms with Crippen LogP contribution >= 0.6 is 11.3 Å². The number of benzene rings is 3. The van der Waals surface area contributed by atoms with Gasteiger partial charge in [0.2, 0.25) is 0 Å². The number of hydrogen-bond acceptors (Lipinski definition) is 6. The monoisotopic (exact) mass is 500 g/mol. The van der Waals surface area contributed by atoms with Crippen LogP contribution in [-0.4, -0.2) is 27.8 Å². The highest BCUT2D eigenvalue weighted by molar-refractivity contribution is 7.12. The van der Waals surface area contributed by atoms with Crippen LogP contribution < -0.4 is 14.8 Å². The number of nitrogens with one attached hydrogen (secondary N) is 1. The van der Waals surface area contributed by atoms with Crippen LogP contribution in [0.4, 0.5) is 10.1 Å². The zero-order valence-electron chi connectivity index (χ0n) is 19.2. The molecule has 0 saturated carbocycles. The maximum Gasteiger partial charge on any atom is 0.336 e. The number of carbonyl (C=O) groups is 1. The number of anilines is 1. The van der Waals surface area contributed by atoms with Gasteiger partial charge in [0.1, 0.15) is 18.2 Å². The lowest BCUT2D eigenvalue weighted by atomic mass is 10.2. The van der Waals surface area contributed by atoms with Gasteiger partial charge in [0, 0.05) is 11.3 Å². The topological polar surface area (TPSA) is 78.3 Å². The molecule has 1 amide bonds. The first kappa shape index (κ1) is 23.3. The highest BCUT2D eigenvalue weighted by Crippen LogP contribution is 2.26. The molecule has 0 aliphatic heterocycles. The van der Waals surface area contributed by atoms with Crippen molar-refractivity contribution in [3.05, 3.63) is 107 Å². The maximum absolute atomic E-state index is 13.2. The smallest absolute Gasteiger partial charge is 0.336 e. The minimum absolute atomic E-state index is 0.158. The second-order valence-electron chi connectivity index (χ2n) is 7.75. The van der Waals surface area contributed by atoms with Crippen molar-refractivity contribution in [2.45, 2.75) is 6.61 Å². The summed E-state index contributed by atoms with van der Waals surface area (Å²) in [5.41, 5.74) is 3.01. The van der Waals surface area contributed by atoms with Gasteiger partial charge in [-0.15, -0.1) is 16.4 Å². The lowest BCUT2D eigenvalue weighted by Crippen LogP contribution is -2.10. The molecule has 36 heavy (non-hydrogen) atoms. The summed E-state index contributed by atoms with van der Waals surface area (Å²) in [6.45, 7) is 0.194. The quantitative estimate of drug-likeness (QED) is 0.284. The number of thiophene rings is 1. The molecule has 0 spiro atoms. The Morgan fingerprint density at radius 3 is 2.42 bits per heavy atom. The molecule has 0 aliphatic rings. The number of hydrogen-bond donors (Lipinski definition) is 1. The molecule has 9 heteroatoms. The van der Waals surface area contributed by atoms with Crippen LogP contribution in [0.5, 0.6) is 11.8 Å². The molecule has 5 aromatic rings. The standard InChI is InChI=1S/C27H21FN4O3S/c1-34-23-14-6-19(7-15-23)25-30-27(35-17-18-4-8-20(28)9-5-18)31-32(25)22-12-10-21(11-13-22)29-26(33)24-3-2-16-36-24/h2-16H,17H2,1H3,(H,29,33). The molecular weight excluding hydrogens is 479 g/mol. The normalized spacial score (nSPS) is 10.7. The van der Waals surface area contributed by atoms with E-state index in [0.717, 1.165) is 22.6 Å². The third kappa shape index (κ3) is 5.26. The van der Waals surface area contributed by atoms with Crippen molar-refractivity contribution in [1.82, 2.24) is 14.8 Å². The molecule has 180 valence electrons. The molecule has 0 aliphatic carbocycles. The summed E-state index contributed by atoms with van der Waals surface area (Å²) in [6, 6.07) is 24.6. The van der Waals surface area contributed by atoms with E-state index in [9.17, 15) is 9.18 Å². The molecule has 2 heterocycles. The number of ether oxygens (including phenoxy) is 2. The molecule has 0 fully saturated rings. The minimum atomic E-state index is -0.307. The Morgan fingerprint density at radius 2 is 1.75 bits per heavy atom. The number of amides is 1. The van der Waals surface area contributed by atoms with Gasteiger partial charge in [-0.3, -0.25) is 4.79 Å². The summed E-state index contributed by atoms with van der Waals surface area (Å²) in [7, 11) is 1.61. The predicted molar refractivity (Wildman–Crippen MR) is 136 cm³/mol. The minimum Gasteiger partial charge on any atom is -0.497 e. The number of methoxy groups -OCH3 is 1.